The van der Waals surface area contributed by atoms with Gasteiger partial charge >= 0.3 is 0 Å². The van der Waals surface area contributed by atoms with E-state index in [0.29, 0.717) is 24.6 Å². The second-order valence-corrected chi connectivity index (χ2v) is 10.1. The van der Waals surface area contributed by atoms with Crippen LogP contribution in [0.3, 0.4) is 0 Å². The van der Waals surface area contributed by atoms with Gasteiger partial charge in [-0.3, -0.25) is 9.59 Å². The SMILES string of the molecule is C[C@]12C[C@H](O)[C@@]3(F)[C@@H](C[C@H](F)C4=CC(=O)C=C[C@@]43C)[C@@H]1CC[C@H]2C(=O)SCF. The molecular weight excluding hydrogens is 389 g/mol. The molecule has 0 amide bonds. The van der Waals surface area contributed by atoms with E-state index in [1.807, 2.05) is 6.92 Å². The molecule has 0 aromatic rings. The lowest BCUT2D eigenvalue weighted by Gasteiger charge is -2.62. The molecule has 4 aliphatic carbocycles. The Labute approximate surface area is 166 Å². The first-order valence-corrected chi connectivity index (χ1v) is 10.8. The predicted octanol–water partition coefficient (Wildman–Crippen LogP) is 4.11. The van der Waals surface area contributed by atoms with Gasteiger partial charge in [-0.25, -0.2) is 13.2 Å². The summed E-state index contributed by atoms with van der Waals surface area (Å²) < 4.78 is 44.6. The number of thioether (sulfide) groups is 1. The zero-order valence-electron chi connectivity index (χ0n) is 16.0. The van der Waals surface area contributed by atoms with Crippen LogP contribution in [0.1, 0.15) is 39.5 Å². The molecule has 0 bridgehead atoms. The van der Waals surface area contributed by atoms with Crippen LogP contribution in [0.2, 0.25) is 0 Å². The minimum absolute atomic E-state index is 0.0650. The lowest BCUT2D eigenvalue weighted by molar-refractivity contribution is -0.201. The summed E-state index contributed by atoms with van der Waals surface area (Å²) >= 11 is 0.618. The fraction of sp³-hybridized carbons (Fsp3) is 0.714. The highest BCUT2D eigenvalue weighted by atomic mass is 32.2. The summed E-state index contributed by atoms with van der Waals surface area (Å²) in [5, 5.41) is 10.8. The zero-order valence-corrected chi connectivity index (χ0v) is 16.8. The van der Waals surface area contributed by atoms with E-state index in [-0.39, 0.29) is 35.2 Å². The topological polar surface area (TPSA) is 54.4 Å². The van der Waals surface area contributed by atoms with E-state index in [4.69, 9.17) is 0 Å². The Bertz CT molecular complexity index is 783. The molecule has 8 atom stereocenters. The fourth-order valence-corrected chi connectivity index (χ4v) is 7.44. The number of carbonyl (C=O) groups excluding carboxylic acids is 2. The molecule has 3 nitrogen and oxygen atoms in total. The second-order valence-electron chi connectivity index (χ2n) is 9.15. The van der Waals surface area contributed by atoms with Crippen LogP contribution in [0.5, 0.6) is 0 Å². The maximum absolute atomic E-state index is 16.7. The Hall–Kier alpha value is -1.08. The van der Waals surface area contributed by atoms with Crippen molar-refractivity contribution in [1.29, 1.82) is 0 Å². The molecule has 0 radical (unpaired) electrons. The lowest BCUT2D eigenvalue weighted by Crippen LogP contribution is -2.68. The number of rotatable bonds is 2. The molecule has 3 fully saturated rings. The lowest BCUT2D eigenvalue weighted by atomic mass is 9.45. The number of hydrogen-bond acceptors (Lipinski definition) is 4. The molecule has 0 saturated heterocycles. The van der Waals surface area contributed by atoms with E-state index in [1.54, 1.807) is 6.92 Å². The third kappa shape index (κ3) is 2.41. The minimum Gasteiger partial charge on any atom is -0.390 e. The molecule has 1 N–H and O–H groups in total. The van der Waals surface area contributed by atoms with Crippen molar-refractivity contribution in [3.63, 3.8) is 0 Å². The third-order valence-electron chi connectivity index (χ3n) is 8.11. The van der Waals surface area contributed by atoms with Crippen molar-refractivity contribution in [3.8, 4) is 0 Å². The molecular formula is C21H25F3O3S. The summed E-state index contributed by atoms with van der Waals surface area (Å²) in [6, 6.07) is -0.813. The van der Waals surface area contributed by atoms with E-state index < -0.39 is 46.6 Å². The minimum atomic E-state index is -2.12. The first-order valence-electron chi connectivity index (χ1n) is 9.78. The van der Waals surface area contributed by atoms with Crippen molar-refractivity contribution >= 4 is 22.7 Å². The van der Waals surface area contributed by atoms with Crippen LogP contribution in [-0.4, -0.2) is 40.0 Å². The maximum Gasteiger partial charge on any atom is 0.195 e. The Kier molecular flexibility index (Phi) is 4.66. The average Bonchev–Trinajstić information content (AvgIpc) is 2.96. The summed E-state index contributed by atoms with van der Waals surface area (Å²) in [6.07, 6.45) is 1.94. The number of alkyl halides is 3. The summed E-state index contributed by atoms with van der Waals surface area (Å²) in [5.41, 5.74) is -4.11. The van der Waals surface area contributed by atoms with Crippen LogP contribution in [0, 0.1) is 28.6 Å². The van der Waals surface area contributed by atoms with Gasteiger partial charge in [0.2, 0.25) is 0 Å². The van der Waals surface area contributed by atoms with Crippen LogP contribution in [0.4, 0.5) is 13.2 Å². The number of hydrogen-bond donors (Lipinski definition) is 1. The summed E-state index contributed by atoms with van der Waals surface area (Å²) in [4.78, 5) is 24.2. The number of aliphatic hydroxyl groups is 1. The Morgan fingerprint density at radius 2 is 2.04 bits per heavy atom. The van der Waals surface area contributed by atoms with Gasteiger partial charge < -0.3 is 5.11 Å². The standard InChI is InChI=1S/C21H25F3O3S/c1-19-9-17(26)21(24)14(12(19)3-4-13(19)18(27)28-10-22)8-16(23)15-7-11(25)5-6-20(15,21)2/h5-7,12-14,16-17,26H,3-4,8-10H2,1-2H3/t12-,13-,14-,16-,17-,19-,20-,21-/m0/s1. The molecule has 4 aliphatic rings. The van der Waals surface area contributed by atoms with Gasteiger partial charge in [0.1, 0.15) is 12.2 Å². The Morgan fingerprint density at radius 1 is 1.32 bits per heavy atom. The number of carbonyl (C=O) groups is 2. The highest BCUT2D eigenvalue weighted by Crippen LogP contribution is 2.69. The molecule has 0 spiro atoms. The van der Waals surface area contributed by atoms with Crippen molar-refractivity contribution in [2.45, 2.75) is 57.5 Å². The van der Waals surface area contributed by atoms with E-state index in [2.05, 4.69) is 0 Å². The molecule has 154 valence electrons. The van der Waals surface area contributed by atoms with Gasteiger partial charge in [-0.15, -0.1) is 0 Å². The first kappa shape index (κ1) is 20.2. The number of allylic oxidation sites excluding steroid dienone is 4. The highest BCUT2D eigenvalue weighted by Gasteiger charge is 2.72. The van der Waals surface area contributed by atoms with Gasteiger partial charge in [-0.1, -0.05) is 24.8 Å². The molecule has 3 saturated carbocycles. The van der Waals surface area contributed by atoms with Gasteiger partial charge in [-0.2, -0.15) is 0 Å². The van der Waals surface area contributed by atoms with Gasteiger partial charge in [0, 0.05) is 17.3 Å². The molecule has 0 aromatic carbocycles. The summed E-state index contributed by atoms with van der Waals surface area (Å²) in [6.45, 7) is 3.42. The van der Waals surface area contributed by atoms with Gasteiger partial charge in [-0.05, 0) is 61.7 Å². The Balaban J connectivity index is 1.78. The number of halogens is 3. The van der Waals surface area contributed by atoms with Crippen molar-refractivity contribution in [1.82, 2.24) is 0 Å². The smallest absolute Gasteiger partial charge is 0.195 e. The molecule has 4 rings (SSSR count). The molecule has 28 heavy (non-hydrogen) atoms. The van der Waals surface area contributed by atoms with Gasteiger partial charge in [0.25, 0.3) is 0 Å². The van der Waals surface area contributed by atoms with Crippen molar-refractivity contribution in [2.75, 3.05) is 6.01 Å². The summed E-state index contributed by atoms with van der Waals surface area (Å²) in [5.74, 6) is -1.90. The molecule has 0 aromatic heterocycles. The Morgan fingerprint density at radius 3 is 2.71 bits per heavy atom. The third-order valence-corrected chi connectivity index (χ3v) is 8.79. The average molecular weight is 414 g/mol. The van der Waals surface area contributed by atoms with E-state index in [1.165, 1.54) is 18.2 Å². The largest absolute Gasteiger partial charge is 0.390 e. The van der Waals surface area contributed by atoms with Crippen LogP contribution >= 0.6 is 11.8 Å². The summed E-state index contributed by atoms with van der Waals surface area (Å²) in [7, 11) is 0. The number of ketones is 1. The predicted molar refractivity (Wildman–Crippen MR) is 101 cm³/mol. The van der Waals surface area contributed by atoms with Crippen LogP contribution < -0.4 is 0 Å². The molecule has 7 heteroatoms. The van der Waals surface area contributed by atoms with E-state index >= 15 is 8.78 Å². The van der Waals surface area contributed by atoms with Crippen molar-refractivity contribution in [3.05, 3.63) is 23.8 Å². The van der Waals surface area contributed by atoms with Gasteiger partial charge in [0.05, 0.1) is 6.10 Å². The fourth-order valence-electron chi connectivity index (χ4n) is 6.74. The zero-order chi connectivity index (χ0) is 20.5. The molecule has 0 unspecified atom stereocenters. The first-order chi connectivity index (χ1) is 13.1. The molecule has 0 heterocycles. The van der Waals surface area contributed by atoms with Crippen LogP contribution in [-0.2, 0) is 9.59 Å². The van der Waals surface area contributed by atoms with E-state index in [0.717, 1.165) is 0 Å². The van der Waals surface area contributed by atoms with Crippen LogP contribution in [0.15, 0.2) is 23.8 Å². The number of aliphatic hydroxyl groups excluding tert-OH is 1. The second kappa shape index (κ2) is 6.46. The highest BCUT2D eigenvalue weighted by molar-refractivity contribution is 8.13. The van der Waals surface area contributed by atoms with Crippen molar-refractivity contribution < 1.29 is 27.9 Å². The van der Waals surface area contributed by atoms with E-state index in [9.17, 15) is 19.1 Å². The molecule has 0 aliphatic heterocycles. The number of fused-ring (bicyclic) bond motifs is 5. The van der Waals surface area contributed by atoms with Gasteiger partial charge in [0.15, 0.2) is 16.6 Å². The maximum atomic E-state index is 16.7. The quantitative estimate of drug-likeness (QED) is 0.739. The normalized spacial score (nSPS) is 49.9. The van der Waals surface area contributed by atoms with Crippen molar-refractivity contribution in [2.24, 2.45) is 28.6 Å². The monoisotopic (exact) mass is 414 g/mol. The van der Waals surface area contributed by atoms with Crippen LogP contribution in [0.25, 0.3) is 0 Å².